The minimum Gasteiger partial charge on any atom is -0.478 e. The second-order valence-corrected chi connectivity index (χ2v) is 4.02. The molecule has 0 fully saturated rings. The highest BCUT2D eigenvalue weighted by molar-refractivity contribution is 5.85. The van der Waals surface area contributed by atoms with E-state index in [4.69, 9.17) is 10.4 Å². The molecule has 3 heteroatoms. The second-order valence-electron chi connectivity index (χ2n) is 4.02. The molecule has 0 saturated carbocycles. The number of rotatable bonds is 4. The van der Waals surface area contributed by atoms with E-state index in [1.165, 1.54) is 11.6 Å². The van der Waals surface area contributed by atoms with Crippen LogP contribution in [0.3, 0.4) is 0 Å². The van der Waals surface area contributed by atoms with Crippen LogP contribution in [-0.4, -0.2) is 11.1 Å². The Morgan fingerprint density at radius 3 is 1.79 bits per heavy atom. The average molecular weight is 325 g/mol. The number of aliphatic carboxylic acids is 1. The van der Waals surface area contributed by atoms with Crippen molar-refractivity contribution in [3.05, 3.63) is 92.1 Å². The molecule has 1 N–H and O–H groups in total. The van der Waals surface area contributed by atoms with Crippen LogP contribution in [0.15, 0.2) is 86.5 Å². The van der Waals surface area contributed by atoms with Crippen LogP contribution >= 0.6 is 0 Å². The van der Waals surface area contributed by atoms with Crippen molar-refractivity contribution in [3.8, 4) is 6.07 Å². The lowest BCUT2D eigenvalue weighted by Gasteiger charge is -1.87. The van der Waals surface area contributed by atoms with Gasteiger partial charge in [-0.25, -0.2) is 4.79 Å². The molecule has 0 aromatic heterocycles. The van der Waals surface area contributed by atoms with Gasteiger partial charge in [0.15, 0.2) is 0 Å². The third-order valence-electron chi connectivity index (χ3n) is 2.14. The van der Waals surface area contributed by atoms with Crippen LogP contribution in [0.2, 0.25) is 0 Å². The fourth-order valence-electron chi connectivity index (χ4n) is 0.983. The van der Waals surface area contributed by atoms with Gasteiger partial charge >= 0.3 is 5.97 Å². The third-order valence-corrected chi connectivity index (χ3v) is 2.14. The van der Waals surface area contributed by atoms with E-state index >= 15 is 0 Å². The van der Waals surface area contributed by atoms with Gasteiger partial charge in [-0.15, -0.1) is 0 Å². The number of nitrogens with zero attached hydrogens (tertiary/aromatic N) is 1. The molecule has 128 valence electrons. The molecule has 1 aromatic rings. The Morgan fingerprint density at radius 2 is 1.62 bits per heavy atom. The summed E-state index contributed by atoms with van der Waals surface area (Å²) >= 11 is 0. The lowest BCUT2D eigenvalue weighted by molar-refractivity contribution is -0.132. The molecule has 0 aliphatic rings. The highest BCUT2D eigenvalue weighted by Gasteiger charge is 1.94. The first-order chi connectivity index (χ1) is 11.4. The van der Waals surface area contributed by atoms with Crippen LogP contribution in [0, 0.1) is 11.3 Å². The number of benzene rings is 1. The third kappa shape index (κ3) is 23.9. The minimum atomic E-state index is -0.827. The fraction of sp³-hybridized carbons (Fsp3) is 0.143. The standard InChI is InChI=1S/C8H8.C6H10O2.C4H6.C3H3N/c1-2-8-6-4-3-5-7-8;1-3-4-5(2)6(7)8;1-3-4-2;1-2-3-4/h2-7H,1H2;4H,3H2,1-2H3,(H,7,8);3-4H,1-2H2;2H,1H2/b;5-4+;;. The molecule has 0 spiro atoms. The number of hydrogen-bond donors (Lipinski definition) is 1. The molecular formula is C21H27NO2. The van der Waals surface area contributed by atoms with E-state index in [-0.39, 0.29) is 0 Å². The van der Waals surface area contributed by atoms with E-state index in [1.54, 1.807) is 31.2 Å². The van der Waals surface area contributed by atoms with E-state index in [9.17, 15) is 4.79 Å². The summed E-state index contributed by atoms with van der Waals surface area (Å²) in [6, 6.07) is 11.7. The summed E-state index contributed by atoms with van der Waals surface area (Å²) in [5.41, 5.74) is 1.60. The Morgan fingerprint density at radius 1 is 1.17 bits per heavy atom. The summed E-state index contributed by atoms with van der Waals surface area (Å²) in [5.74, 6) is -0.827. The van der Waals surface area contributed by atoms with Crippen LogP contribution in [0.4, 0.5) is 0 Å². The van der Waals surface area contributed by atoms with Gasteiger partial charge in [-0.3, -0.25) is 0 Å². The number of allylic oxidation sites excluding steroid dienone is 4. The van der Waals surface area contributed by atoms with Gasteiger partial charge in [-0.1, -0.05) is 87.9 Å². The molecule has 0 atom stereocenters. The molecule has 0 unspecified atom stereocenters. The predicted molar refractivity (Wildman–Crippen MR) is 104 cm³/mol. The zero-order chi connectivity index (χ0) is 19.2. The van der Waals surface area contributed by atoms with Crippen molar-refractivity contribution < 1.29 is 9.90 Å². The summed E-state index contributed by atoms with van der Waals surface area (Å²) < 4.78 is 0. The number of hydrogen-bond acceptors (Lipinski definition) is 2. The van der Waals surface area contributed by atoms with Crippen molar-refractivity contribution in [2.45, 2.75) is 20.3 Å². The number of nitriles is 1. The van der Waals surface area contributed by atoms with E-state index in [0.29, 0.717) is 5.57 Å². The van der Waals surface area contributed by atoms with Crippen molar-refractivity contribution >= 4 is 12.0 Å². The summed E-state index contributed by atoms with van der Waals surface area (Å²) in [5, 5.41) is 15.8. The summed E-state index contributed by atoms with van der Waals surface area (Å²) in [4.78, 5) is 10.0. The summed E-state index contributed by atoms with van der Waals surface area (Å²) in [6.07, 6.45) is 8.76. The summed E-state index contributed by atoms with van der Waals surface area (Å²) in [6.45, 7) is 17.0. The van der Waals surface area contributed by atoms with Gasteiger partial charge in [0.2, 0.25) is 0 Å². The van der Waals surface area contributed by atoms with E-state index in [0.717, 1.165) is 6.42 Å². The number of carbonyl (C=O) groups is 1. The van der Waals surface area contributed by atoms with Crippen molar-refractivity contribution in [1.29, 1.82) is 5.26 Å². The Balaban J connectivity index is -0.000000260. The molecule has 0 aliphatic heterocycles. The number of carboxylic acid groups (broad SMARTS) is 1. The molecular weight excluding hydrogens is 298 g/mol. The van der Waals surface area contributed by atoms with Gasteiger partial charge in [-0.2, -0.15) is 5.26 Å². The van der Waals surface area contributed by atoms with Gasteiger partial charge in [0.25, 0.3) is 0 Å². The van der Waals surface area contributed by atoms with Crippen LogP contribution in [0.5, 0.6) is 0 Å². The maximum Gasteiger partial charge on any atom is 0.330 e. The van der Waals surface area contributed by atoms with Gasteiger partial charge in [0.05, 0.1) is 6.07 Å². The smallest absolute Gasteiger partial charge is 0.330 e. The Bertz CT molecular complexity index is 543. The molecule has 0 bridgehead atoms. The van der Waals surface area contributed by atoms with Crippen LogP contribution in [0.25, 0.3) is 6.08 Å². The largest absolute Gasteiger partial charge is 0.478 e. The molecule has 0 saturated heterocycles. The fourth-order valence-corrected chi connectivity index (χ4v) is 0.983. The average Bonchev–Trinajstić information content (AvgIpc) is 2.63. The normalized spacial score (nSPS) is 8.12. The topological polar surface area (TPSA) is 61.1 Å². The maximum absolute atomic E-state index is 10.0. The van der Waals surface area contributed by atoms with Crippen molar-refractivity contribution in [1.82, 2.24) is 0 Å². The lowest BCUT2D eigenvalue weighted by atomic mass is 10.2. The van der Waals surface area contributed by atoms with Crippen LogP contribution in [0.1, 0.15) is 25.8 Å². The highest BCUT2D eigenvalue weighted by atomic mass is 16.4. The van der Waals surface area contributed by atoms with Crippen LogP contribution < -0.4 is 0 Å². The van der Waals surface area contributed by atoms with Gasteiger partial charge in [0.1, 0.15) is 0 Å². The maximum atomic E-state index is 10.0. The van der Waals surface area contributed by atoms with Gasteiger partial charge in [-0.05, 0) is 18.9 Å². The highest BCUT2D eigenvalue weighted by Crippen LogP contribution is 1.97. The van der Waals surface area contributed by atoms with E-state index in [1.807, 2.05) is 43.3 Å². The first-order valence-electron chi connectivity index (χ1n) is 7.26. The molecule has 0 amide bonds. The lowest BCUT2D eigenvalue weighted by Crippen LogP contribution is -1.94. The Hall–Kier alpha value is -3.12. The van der Waals surface area contributed by atoms with Crippen molar-refractivity contribution in [2.75, 3.05) is 0 Å². The molecule has 0 radical (unpaired) electrons. The Kier molecular flexibility index (Phi) is 23.8. The number of carboxylic acids is 1. The quantitative estimate of drug-likeness (QED) is 0.431. The molecule has 1 rings (SSSR count). The van der Waals surface area contributed by atoms with Crippen molar-refractivity contribution in [2.24, 2.45) is 0 Å². The Labute approximate surface area is 146 Å². The van der Waals surface area contributed by atoms with E-state index in [2.05, 4.69) is 26.3 Å². The monoisotopic (exact) mass is 325 g/mol. The zero-order valence-corrected chi connectivity index (χ0v) is 14.6. The first-order valence-corrected chi connectivity index (χ1v) is 7.26. The second kappa shape index (κ2) is 22.2. The zero-order valence-electron chi connectivity index (χ0n) is 14.6. The van der Waals surface area contributed by atoms with Crippen molar-refractivity contribution in [3.63, 3.8) is 0 Å². The van der Waals surface area contributed by atoms with Crippen LogP contribution in [-0.2, 0) is 4.79 Å². The predicted octanol–water partition coefficient (Wildman–Crippen LogP) is 5.81. The van der Waals surface area contributed by atoms with Gasteiger partial charge < -0.3 is 5.11 Å². The first kappa shape index (κ1) is 25.8. The van der Waals surface area contributed by atoms with Gasteiger partial charge in [0, 0.05) is 11.6 Å². The van der Waals surface area contributed by atoms with E-state index < -0.39 is 5.97 Å². The minimum absolute atomic E-state index is 0.424. The molecule has 0 heterocycles. The molecule has 24 heavy (non-hydrogen) atoms. The molecule has 0 aliphatic carbocycles. The summed E-state index contributed by atoms with van der Waals surface area (Å²) in [7, 11) is 0. The molecule has 3 nitrogen and oxygen atoms in total. The molecule has 1 aromatic carbocycles. The SMILES string of the molecule is C=CC#N.C=CC=C.C=Cc1ccccc1.CC/C=C(\C)C(=O)O.